The summed E-state index contributed by atoms with van der Waals surface area (Å²) in [5, 5.41) is 0. The average Bonchev–Trinajstić information content (AvgIpc) is 2.97. The Morgan fingerprint density at radius 1 is 1.12 bits per heavy atom. The summed E-state index contributed by atoms with van der Waals surface area (Å²) in [6.45, 7) is 3.72. The zero-order chi connectivity index (χ0) is 23.7. The van der Waals surface area contributed by atoms with Crippen LogP contribution in [0.3, 0.4) is 0 Å². The quantitative estimate of drug-likeness (QED) is 0.439. The Balaban J connectivity index is 1.71. The van der Waals surface area contributed by atoms with E-state index >= 15 is 0 Å². The SMILES string of the molecule is CC1(C)Oc2cc(OP(=O)(O)O)ccc2C2C1=CCn1c(=O)n(-c3ccc(F)cc3)c(=O)n12. The van der Waals surface area contributed by atoms with Crippen molar-refractivity contribution < 1.29 is 28.0 Å². The number of hydrogen-bond donors (Lipinski definition) is 2. The molecule has 1 unspecified atom stereocenters. The summed E-state index contributed by atoms with van der Waals surface area (Å²) in [7, 11) is -4.78. The third-order valence-corrected chi connectivity index (χ3v) is 6.18. The van der Waals surface area contributed by atoms with Crippen molar-refractivity contribution >= 4 is 7.82 Å². The first-order valence-corrected chi connectivity index (χ1v) is 11.5. The minimum Gasteiger partial charge on any atom is -0.483 e. The first-order valence-electron chi connectivity index (χ1n) is 9.95. The van der Waals surface area contributed by atoms with Crippen molar-refractivity contribution in [2.75, 3.05) is 0 Å². The number of ether oxygens (including phenoxy) is 1. The Morgan fingerprint density at radius 3 is 2.48 bits per heavy atom. The molecule has 0 aliphatic carbocycles. The van der Waals surface area contributed by atoms with E-state index < -0.39 is 36.7 Å². The number of halogens is 1. The second kappa shape index (κ2) is 7.05. The predicted octanol–water partition coefficient (Wildman–Crippen LogP) is 2.11. The Labute approximate surface area is 185 Å². The van der Waals surface area contributed by atoms with Crippen molar-refractivity contribution in [2.24, 2.45) is 0 Å². The van der Waals surface area contributed by atoms with Crippen molar-refractivity contribution in [3.8, 4) is 17.2 Å². The number of rotatable bonds is 3. The molecule has 0 fully saturated rings. The highest BCUT2D eigenvalue weighted by Gasteiger charge is 2.44. The zero-order valence-corrected chi connectivity index (χ0v) is 18.4. The molecule has 0 saturated carbocycles. The average molecular weight is 475 g/mol. The van der Waals surface area contributed by atoms with Gasteiger partial charge in [0.05, 0.1) is 12.2 Å². The summed E-state index contributed by atoms with van der Waals surface area (Å²) in [4.78, 5) is 44.8. The van der Waals surface area contributed by atoms with Crippen LogP contribution in [0, 0.1) is 5.82 Å². The number of allylic oxidation sites excluding steroid dienone is 1. The van der Waals surface area contributed by atoms with Crippen molar-refractivity contribution in [3.05, 3.63) is 86.5 Å². The summed E-state index contributed by atoms with van der Waals surface area (Å²) in [5.74, 6) is -0.335. The summed E-state index contributed by atoms with van der Waals surface area (Å²) >= 11 is 0. The lowest BCUT2D eigenvalue weighted by atomic mass is 9.83. The second-order valence-electron chi connectivity index (χ2n) is 8.26. The summed E-state index contributed by atoms with van der Waals surface area (Å²) < 4.78 is 39.0. The maximum absolute atomic E-state index is 13.5. The fourth-order valence-corrected chi connectivity index (χ4v) is 4.77. The highest BCUT2D eigenvalue weighted by Crippen LogP contribution is 2.48. The molecule has 3 aromatic rings. The molecule has 0 radical (unpaired) electrons. The normalized spacial score (nSPS) is 18.5. The first-order chi connectivity index (χ1) is 15.5. The van der Waals surface area contributed by atoms with Gasteiger partial charge in [-0.3, -0.25) is 9.79 Å². The Kier molecular flexibility index (Phi) is 4.58. The lowest BCUT2D eigenvalue weighted by Gasteiger charge is -2.42. The van der Waals surface area contributed by atoms with Crippen molar-refractivity contribution in [1.82, 2.24) is 13.9 Å². The number of aromatic nitrogens is 3. The van der Waals surface area contributed by atoms with Crippen LogP contribution < -0.4 is 20.6 Å². The molecule has 5 rings (SSSR count). The maximum Gasteiger partial charge on any atom is 0.524 e. The third kappa shape index (κ3) is 3.45. The van der Waals surface area contributed by atoms with E-state index in [2.05, 4.69) is 4.52 Å². The fourth-order valence-electron chi connectivity index (χ4n) is 4.38. The number of phosphoric ester groups is 1. The van der Waals surface area contributed by atoms with Gasteiger partial charge in [-0.1, -0.05) is 6.08 Å². The monoisotopic (exact) mass is 475 g/mol. The first kappa shape index (κ1) is 21.4. The van der Waals surface area contributed by atoms with Gasteiger partial charge in [0.25, 0.3) is 0 Å². The van der Waals surface area contributed by atoms with Gasteiger partial charge in [-0.25, -0.2) is 32.5 Å². The molecule has 2 N–H and O–H groups in total. The van der Waals surface area contributed by atoms with Crippen molar-refractivity contribution in [1.29, 1.82) is 0 Å². The van der Waals surface area contributed by atoms with Gasteiger partial charge in [0, 0.05) is 11.6 Å². The van der Waals surface area contributed by atoms with E-state index in [1.54, 1.807) is 13.8 Å². The van der Waals surface area contributed by atoms with Crippen LogP contribution in [-0.2, 0) is 11.1 Å². The molecule has 0 bridgehead atoms. The number of nitrogens with zero attached hydrogens (tertiary/aromatic N) is 3. The molecule has 1 aromatic heterocycles. The molecule has 0 spiro atoms. The number of benzene rings is 2. The van der Waals surface area contributed by atoms with Crippen LogP contribution in [0.15, 0.2) is 63.7 Å². The van der Waals surface area contributed by atoms with E-state index in [4.69, 9.17) is 14.5 Å². The molecule has 1 atom stereocenters. The molecular formula is C21H19FN3O7P. The zero-order valence-electron chi connectivity index (χ0n) is 17.5. The van der Waals surface area contributed by atoms with Gasteiger partial charge < -0.3 is 9.26 Å². The molecule has 2 aromatic carbocycles. The molecule has 10 nitrogen and oxygen atoms in total. The summed E-state index contributed by atoms with van der Waals surface area (Å²) in [6.07, 6.45) is 1.82. The van der Waals surface area contributed by atoms with Crippen LogP contribution in [0.4, 0.5) is 4.39 Å². The minimum absolute atomic E-state index is 0.102. The van der Waals surface area contributed by atoms with Crippen LogP contribution in [0.1, 0.15) is 25.5 Å². The van der Waals surface area contributed by atoms with E-state index in [1.165, 1.54) is 51.8 Å². The summed E-state index contributed by atoms with van der Waals surface area (Å²) in [6, 6.07) is 8.57. The van der Waals surface area contributed by atoms with Crippen LogP contribution in [0.25, 0.3) is 5.69 Å². The van der Waals surface area contributed by atoms with E-state index in [0.29, 0.717) is 5.56 Å². The molecule has 0 saturated heterocycles. The molecule has 33 heavy (non-hydrogen) atoms. The Bertz CT molecular complexity index is 1480. The Morgan fingerprint density at radius 2 is 1.82 bits per heavy atom. The van der Waals surface area contributed by atoms with Gasteiger partial charge in [-0.05, 0) is 55.8 Å². The molecule has 2 aliphatic heterocycles. The second-order valence-corrected chi connectivity index (χ2v) is 9.42. The van der Waals surface area contributed by atoms with Gasteiger partial charge in [-0.15, -0.1) is 0 Å². The fraction of sp³-hybridized carbons (Fsp3) is 0.238. The molecular weight excluding hydrogens is 456 g/mol. The largest absolute Gasteiger partial charge is 0.524 e. The van der Waals surface area contributed by atoms with Crippen LogP contribution in [0.5, 0.6) is 11.5 Å². The lowest BCUT2D eigenvalue weighted by Crippen LogP contribution is -2.46. The molecule has 12 heteroatoms. The predicted molar refractivity (Wildman–Crippen MR) is 114 cm³/mol. The van der Waals surface area contributed by atoms with E-state index in [1.807, 2.05) is 6.08 Å². The maximum atomic E-state index is 13.5. The van der Waals surface area contributed by atoms with Gasteiger partial charge in [0.1, 0.15) is 29.0 Å². The van der Waals surface area contributed by atoms with E-state index in [0.717, 1.165) is 10.1 Å². The van der Waals surface area contributed by atoms with Crippen LogP contribution in [0.2, 0.25) is 0 Å². The van der Waals surface area contributed by atoms with Crippen molar-refractivity contribution in [2.45, 2.75) is 32.0 Å². The van der Waals surface area contributed by atoms with Crippen LogP contribution in [-0.4, -0.2) is 29.3 Å². The molecule has 2 aliphatic rings. The molecule has 0 amide bonds. The molecule has 3 heterocycles. The van der Waals surface area contributed by atoms with Gasteiger partial charge in [-0.2, -0.15) is 0 Å². The van der Waals surface area contributed by atoms with Crippen molar-refractivity contribution in [3.63, 3.8) is 0 Å². The molecule has 172 valence electrons. The third-order valence-electron chi connectivity index (χ3n) is 5.73. The van der Waals surface area contributed by atoms with Gasteiger partial charge in [0.2, 0.25) is 0 Å². The van der Waals surface area contributed by atoms with Crippen LogP contribution >= 0.6 is 7.82 Å². The standard InChI is InChI=1S/C21H19FN3O7P/c1-21(2)16-9-10-23-19(26)24(13-5-3-12(22)4-6-13)20(27)25(23)18(16)15-8-7-14(11-17(15)31-21)32-33(28,29)30/h3-9,11,18H,10H2,1-2H3,(H2,28,29,30). The number of fused-ring (bicyclic) bond motifs is 5. The number of hydrogen-bond acceptors (Lipinski definition) is 5. The smallest absolute Gasteiger partial charge is 0.483 e. The van der Waals surface area contributed by atoms with Gasteiger partial charge >= 0.3 is 19.2 Å². The number of phosphoric acid groups is 1. The lowest BCUT2D eigenvalue weighted by molar-refractivity contribution is 0.113. The summed E-state index contributed by atoms with van der Waals surface area (Å²) in [5.41, 5.74) is -0.575. The van der Waals surface area contributed by atoms with E-state index in [9.17, 15) is 18.5 Å². The highest BCUT2D eigenvalue weighted by molar-refractivity contribution is 7.46. The Hall–Kier alpha value is -3.40. The topological polar surface area (TPSA) is 125 Å². The van der Waals surface area contributed by atoms with Gasteiger partial charge in [0.15, 0.2) is 0 Å². The minimum atomic E-state index is -4.78. The van der Waals surface area contributed by atoms with E-state index in [-0.39, 0.29) is 23.7 Å². The highest BCUT2D eigenvalue weighted by atomic mass is 31.2.